The van der Waals surface area contributed by atoms with Crippen LogP contribution < -0.4 is 5.73 Å². The third kappa shape index (κ3) is 3.77. The SMILES string of the molecule is Nc1cc(C[CH]Cc2cccnc2)cc([N+](=O)[O-])c1. The van der Waals surface area contributed by atoms with Gasteiger partial charge >= 0.3 is 0 Å². The topological polar surface area (TPSA) is 82.0 Å². The van der Waals surface area contributed by atoms with E-state index in [0.29, 0.717) is 12.1 Å². The van der Waals surface area contributed by atoms with Crippen molar-refractivity contribution in [2.75, 3.05) is 5.73 Å². The third-order valence-electron chi connectivity index (χ3n) is 2.69. The molecule has 2 N–H and O–H groups in total. The van der Waals surface area contributed by atoms with Crippen molar-refractivity contribution in [3.8, 4) is 0 Å². The van der Waals surface area contributed by atoms with Gasteiger partial charge in [0.05, 0.1) is 4.92 Å². The Bertz CT molecular complexity index is 570. The number of hydrogen-bond donors (Lipinski definition) is 1. The van der Waals surface area contributed by atoms with Crippen molar-refractivity contribution in [2.24, 2.45) is 0 Å². The van der Waals surface area contributed by atoms with Gasteiger partial charge in [-0.05, 0) is 42.5 Å². The van der Waals surface area contributed by atoms with Gasteiger partial charge in [0.25, 0.3) is 5.69 Å². The predicted octanol–water partition coefficient (Wildman–Crippen LogP) is 2.56. The summed E-state index contributed by atoms with van der Waals surface area (Å²) in [4.78, 5) is 14.3. The standard InChI is InChI=1S/C14H14N3O2/c15-13-7-12(8-14(9-13)17(18)19)4-1-3-11-5-2-6-16-10-11/h1-2,5-10H,3-4,15H2. The number of non-ortho nitro benzene ring substituents is 1. The summed E-state index contributed by atoms with van der Waals surface area (Å²) in [7, 11) is 0. The fraction of sp³-hybridized carbons (Fsp3) is 0.143. The van der Waals surface area contributed by atoms with Gasteiger partial charge in [0, 0.05) is 30.2 Å². The molecule has 5 heteroatoms. The molecule has 0 aliphatic carbocycles. The van der Waals surface area contributed by atoms with E-state index < -0.39 is 4.92 Å². The Kier molecular flexibility index (Phi) is 4.07. The van der Waals surface area contributed by atoms with Crippen molar-refractivity contribution in [3.63, 3.8) is 0 Å². The first kappa shape index (κ1) is 13.0. The van der Waals surface area contributed by atoms with E-state index in [1.807, 2.05) is 12.1 Å². The van der Waals surface area contributed by atoms with Gasteiger partial charge < -0.3 is 5.73 Å². The number of nitrogen functional groups attached to an aromatic ring is 1. The predicted molar refractivity (Wildman–Crippen MR) is 73.5 cm³/mol. The summed E-state index contributed by atoms with van der Waals surface area (Å²) >= 11 is 0. The lowest BCUT2D eigenvalue weighted by Crippen LogP contribution is -1.96. The molecule has 0 aliphatic heterocycles. The molecule has 0 aliphatic rings. The Morgan fingerprint density at radius 1 is 1.26 bits per heavy atom. The monoisotopic (exact) mass is 256 g/mol. The molecule has 0 bridgehead atoms. The summed E-state index contributed by atoms with van der Waals surface area (Å²) in [6.07, 6.45) is 7.00. The minimum Gasteiger partial charge on any atom is -0.399 e. The zero-order valence-corrected chi connectivity index (χ0v) is 10.3. The van der Waals surface area contributed by atoms with E-state index in [1.54, 1.807) is 24.5 Å². The summed E-state index contributed by atoms with van der Waals surface area (Å²) in [5.41, 5.74) is 8.05. The van der Waals surface area contributed by atoms with Gasteiger partial charge in [0.2, 0.25) is 0 Å². The number of aromatic nitrogens is 1. The average molecular weight is 256 g/mol. The van der Waals surface area contributed by atoms with Crippen LogP contribution in [0.1, 0.15) is 11.1 Å². The van der Waals surface area contributed by atoms with Crippen LogP contribution in [0.3, 0.4) is 0 Å². The molecule has 19 heavy (non-hydrogen) atoms. The third-order valence-corrected chi connectivity index (χ3v) is 2.69. The number of hydrogen-bond acceptors (Lipinski definition) is 4. The molecule has 0 atom stereocenters. The molecule has 0 unspecified atom stereocenters. The van der Waals surface area contributed by atoms with Crippen LogP contribution in [0.15, 0.2) is 42.7 Å². The van der Waals surface area contributed by atoms with Crippen LogP contribution in [-0.2, 0) is 12.8 Å². The molecular weight excluding hydrogens is 242 g/mol. The minimum atomic E-state index is -0.430. The fourth-order valence-electron chi connectivity index (χ4n) is 1.85. The second-order valence-corrected chi connectivity index (χ2v) is 4.25. The lowest BCUT2D eigenvalue weighted by Gasteiger charge is -2.03. The molecular formula is C14H14N3O2. The molecule has 1 aromatic heterocycles. The largest absolute Gasteiger partial charge is 0.399 e. The van der Waals surface area contributed by atoms with Crippen molar-refractivity contribution in [1.82, 2.24) is 4.98 Å². The van der Waals surface area contributed by atoms with Crippen molar-refractivity contribution >= 4 is 11.4 Å². The normalized spacial score (nSPS) is 10.3. The fourth-order valence-corrected chi connectivity index (χ4v) is 1.85. The summed E-state index contributed by atoms with van der Waals surface area (Å²) in [5.74, 6) is 0. The Morgan fingerprint density at radius 2 is 2.05 bits per heavy atom. The van der Waals surface area contributed by atoms with Crippen LogP contribution in [0, 0.1) is 16.5 Å². The van der Waals surface area contributed by atoms with Crippen molar-refractivity contribution in [1.29, 1.82) is 0 Å². The number of anilines is 1. The van der Waals surface area contributed by atoms with Crippen molar-refractivity contribution in [2.45, 2.75) is 12.8 Å². The average Bonchev–Trinajstić information content (AvgIpc) is 2.39. The summed E-state index contributed by atoms with van der Waals surface area (Å²) in [6, 6.07) is 8.55. The smallest absolute Gasteiger partial charge is 0.271 e. The van der Waals surface area contributed by atoms with Gasteiger partial charge in [-0.3, -0.25) is 15.1 Å². The Morgan fingerprint density at radius 3 is 2.74 bits per heavy atom. The number of benzene rings is 1. The van der Waals surface area contributed by atoms with E-state index >= 15 is 0 Å². The first-order chi connectivity index (χ1) is 9.15. The van der Waals surface area contributed by atoms with E-state index in [-0.39, 0.29) is 5.69 Å². The van der Waals surface area contributed by atoms with Crippen LogP contribution in [0.4, 0.5) is 11.4 Å². The second kappa shape index (κ2) is 5.95. The lowest BCUT2D eigenvalue weighted by molar-refractivity contribution is -0.384. The molecule has 1 radical (unpaired) electrons. The molecule has 2 rings (SSSR count). The van der Waals surface area contributed by atoms with Crippen molar-refractivity contribution in [3.05, 3.63) is 70.4 Å². The lowest BCUT2D eigenvalue weighted by atomic mass is 10.0. The van der Waals surface area contributed by atoms with Gasteiger partial charge in [0.15, 0.2) is 0 Å². The van der Waals surface area contributed by atoms with Crippen LogP contribution in [0.2, 0.25) is 0 Å². The van der Waals surface area contributed by atoms with Crippen LogP contribution in [0.25, 0.3) is 0 Å². The van der Waals surface area contributed by atoms with Gasteiger partial charge in [-0.1, -0.05) is 6.07 Å². The summed E-state index contributed by atoms with van der Waals surface area (Å²) in [6.45, 7) is 0. The van der Waals surface area contributed by atoms with Gasteiger partial charge in [-0.15, -0.1) is 0 Å². The van der Waals surface area contributed by atoms with Crippen molar-refractivity contribution < 1.29 is 4.92 Å². The maximum atomic E-state index is 10.7. The molecule has 1 aromatic carbocycles. The zero-order chi connectivity index (χ0) is 13.7. The van der Waals surface area contributed by atoms with E-state index in [0.717, 1.165) is 17.5 Å². The number of nitro groups is 1. The highest BCUT2D eigenvalue weighted by atomic mass is 16.6. The quantitative estimate of drug-likeness (QED) is 0.506. The highest BCUT2D eigenvalue weighted by molar-refractivity contribution is 5.51. The van der Waals surface area contributed by atoms with E-state index in [4.69, 9.17) is 5.73 Å². The van der Waals surface area contributed by atoms with Gasteiger partial charge in [-0.25, -0.2) is 0 Å². The summed E-state index contributed by atoms with van der Waals surface area (Å²) in [5, 5.41) is 10.7. The number of nitro benzene ring substituents is 1. The number of nitrogens with two attached hydrogens (primary N) is 1. The highest BCUT2D eigenvalue weighted by Crippen LogP contribution is 2.20. The molecule has 0 spiro atoms. The summed E-state index contributed by atoms with van der Waals surface area (Å²) < 4.78 is 0. The van der Waals surface area contributed by atoms with E-state index in [9.17, 15) is 10.1 Å². The maximum absolute atomic E-state index is 10.7. The number of nitrogens with zero attached hydrogens (tertiary/aromatic N) is 2. The molecule has 0 fully saturated rings. The minimum absolute atomic E-state index is 0.0322. The second-order valence-electron chi connectivity index (χ2n) is 4.25. The molecule has 1 heterocycles. The molecule has 97 valence electrons. The Balaban J connectivity index is 1.98. The van der Waals surface area contributed by atoms with Crippen LogP contribution in [-0.4, -0.2) is 9.91 Å². The zero-order valence-electron chi connectivity index (χ0n) is 10.3. The molecule has 5 nitrogen and oxygen atoms in total. The molecule has 0 saturated carbocycles. The van der Waals surface area contributed by atoms with Crippen LogP contribution >= 0.6 is 0 Å². The van der Waals surface area contributed by atoms with E-state index in [1.165, 1.54) is 6.07 Å². The van der Waals surface area contributed by atoms with Crippen LogP contribution in [0.5, 0.6) is 0 Å². The van der Waals surface area contributed by atoms with E-state index in [2.05, 4.69) is 11.4 Å². The Hall–Kier alpha value is -2.43. The first-order valence-corrected chi connectivity index (χ1v) is 5.89. The van der Waals surface area contributed by atoms with Gasteiger partial charge in [-0.2, -0.15) is 0 Å². The highest BCUT2D eigenvalue weighted by Gasteiger charge is 2.08. The number of rotatable bonds is 5. The molecule has 0 saturated heterocycles. The number of pyridine rings is 1. The van der Waals surface area contributed by atoms with Gasteiger partial charge in [0.1, 0.15) is 0 Å². The molecule has 2 aromatic rings. The first-order valence-electron chi connectivity index (χ1n) is 5.89. The maximum Gasteiger partial charge on any atom is 0.271 e. The molecule has 0 amide bonds. The Labute approximate surface area is 111 Å².